The van der Waals surface area contributed by atoms with Gasteiger partial charge in [0.2, 0.25) is 12.3 Å². The minimum atomic E-state index is -0.795. The molecule has 0 N–H and O–H groups in total. The minimum Gasteiger partial charge on any atom is -1.00 e. The molecular formula is C11H10BrF2NOS. The lowest BCUT2D eigenvalue weighted by Gasteiger charge is -2.00. The first-order valence-corrected chi connectivity index (χ1v) is 5.89. The van der Waals surface area contributed by atoms with Crippen LogP contribution in [0.25, 0.3) is 0 Å². The van der Waals surface area contributed by atoms with Crippen LogP contribution in [-0.4, -0.2) is 34.7 Å². The van der Waals surface area contributed by atoms with E-state index in [1.54, 1.807) is 11.8 Å². The van der Waals surface area contributed by atoms with Gasteiger partial charge in [-0.25, -0.2) is 13.4 Å². The molecule has 0 spiro atoms. The van der Waals surface area contributed by atoms with E-state index < -0.39 is 11.6 Å². The second-order valence-corrected chi connectivity index (χ2v) is 4.45. The predicted molar refractivity (Wildman–Crippen MR) is 59.2 cm³/mol. The lowest BCUT2D eigenvalue weighted by atomic mass is 10.1. The van der Waals surface area contributed by atoms with Gasteiger partial charge in [0.1, 0.15) is 11.6 Å². The Kier molecular flexibility index (Phi) is 5.27. The van der Waals surface area contributed by atoms with Crippen molar-refractivity contribution in [3.8, 4) is 0 Å². The van der Waals surface area contributed by atoms with Crippen molar-refractivity contribution < 1.29 is 35.1 Å². The number of hydrogen-bond donors (Lipinski definition) is 0. The molecule has 2 nitrogen and oxygen atoms in total. The van der Waals surface area contributed by atoms with E-state index in [1.807, 2.05) is 10.1 Å². The molecule has 1 aliphatic heterocycles. The fourth-order valence-corrected chi connectivity index (χ4v) is 2.32. The summed E-state index contributed by atoms with van der Waals surface area (Å²) < 4.78 is 27.8. The Morgan fingerprint density at radius 3 is 2.76 bits per heavy atom. The molecule has 1 heterocycles. The Balaban J connectivity index is 0.00000144. The molecule has 2 rings (SSSR count). The van der Waals surface area contributed by atoms with Crippen LogP contribution in [0.15, 0.2) is 18.2 Å². The molecule has 0 radical (unpaired) electrons. The molecule has 1 aromatic rings. The van der Waals surface area contributed by atoms with Crippen LogP contribution in [0.2, 0.25) is 0 Å². The van der Waals surface area contributed by atoms with Crippen LogP contribution >= 0.6 is 11.8 Å². The number of halogens is 3. The molecule has 0 aromatic heterocycles. The van der Waals surface area contributed by atoms with E-state index >= 15 is 0 Å². The highest BCUT2D eigenvalue weighted by Gasteiger charge is 2.20. The van der Waals surface area contributed by atoms with Crippen LogP contribution in [0.1, 0.15) is 10.4 Å². The van der Waals surface area contributed by atoms with Gasteiger partial charge >= 0.3 is 0 Å². The number of nitrogens with zero attached hydrogens (tertiary/aromatic N) is 1. The van der Waals surface area contributed by atoms with E-state index in [2.05, 4.69) is 0 Å². The molecule has 92 valence electrons. The van der Waals surface area contributed by atoms with Gasteiger partial charge in [-0.15, -0.1) is 0 Å². The predicted octanol–water partition coefficient (Wildman–Crippen LogP) is -1.06. The third-order valence-corrected chi connectivity index (χ3v) is 3.16. The number of hydrogen-bond acceptors (Lipinski definition) is 2. The topological polar surface area (TPSA) is 20.1 Å². The molecule has 0 bridgehead atoms. The van der Waals surface area contributed by atoms with Gasteiger partial charge in [-0.05, 0) is 12.1 Å². The molecule has 0 unspecified atom stereocenters. The van der Waals surface area contributed by atoms with Gasteiger partial charge in [-0.3, -0.25) is 4.79 Å². The third kappa shape index (κ3) is 3.61. The molecule has 0 amide bonds. The lowest BCUT2D eigenvalue weighted by Crippen LogP contribution is -3.00. The number of benzene rings is 1. The van der Waals surface area contributed by atoms with Gasteiger partial charge < -0.3 is 17.0 Å². The Labute approximate surface area is 112 Å². The highest BCUT2D eigenvalue weighted by molar-refractivity contribution is 8.12. The second-order valence-electron chi connectivity index (χ2n) is 3.49. The van der Waals surface area contributed by atoms with E-state index in [0.717, 1.165) is 24.4 Å². The molecule has 0 fully saturated rings. The van der Waals surface area contributed by atoms with E-state index in [0.29, 0.717) is 0 Å². The maximum Gasteiger partial charge on any atom is 0.229 e. The van der Waals surface area contributed by atoms with Crippen LogP contribution in [-0.2, 0) is 0 Å². The summed E-state index contributed by atoms with van der Waals surface area (Å²) in [4.78, 5) is 11.7. The fourth-order valence-electron chi connectivity index (χ4n) is 1.48. The lowest BCUT2D eigenvalue weighted by molar-refractivity contribution is -0.499. The Morgan fingerprint density at radius 1 is 1.41 bits per heavy atom. The van der Waals surface area contributed by atoms with Gasteiger partial charge in [0.05, 0.1) is 11.3 Å². The van der Waals surface area contributed by atoms with E-state index in [1.165, 1.54) is 6.07 Å². The summed E-state index contributed by atoms with van der Waals surface area (Å²) in [5, 5.41) is 0. The number of carbonyl (C=O) groups is 1. The first-order valence-electron chi connectivity index (χ1n) is 4.84. The van der Waals surface area contributed by atoms with Crippen LogP contribution in [0.3, 0.4) is 0 Å². The summed E-state index contributed by atoms with van der Waals surface area (Å²) >= 11 is 1.62. The van der Waals surface area contributed by atoms with Gasteiger partial charge in [0, 0.05) is 6.07 Å². The normalized spacial score (nSPS) is 14.1. The number of thioether (sulfide) groups is 1. The van der Waals surface area contributed by atoms with Crippen LogP contribution in [0.5, 0.6) is 0 Å². The van der Waals surface area contributed by atoms with Crippen LogP contribution in [0, 0.1) is 11.6 Å². The van der Waals surface area contributed by atoms with Crippen molar-refractivity contribution in [1.29, 1.82) is 0 Å². The second kappa shape index (κ2) is 6.26. The number of Topliss-reactive ketones (excluding diaryl/α,β-unsaturated/α-hetero) is 1. The van der Waals surface area contributed by atoms with Gasteiger partial charge in [-0.1, -0.05) is 11.8 Å². The molecule has 0 aliphatic carbocycles. The molecular weight excluding hydrogens is 312 g/mol. The van der Waals surface area contributed by atoms with Crippen molar-refractivity contribution in [3.05, 3.63) is 35.4 Å². The quantitative estimate of drug-likeness (QED) is 0.522. The van der Waals surface area contributed by atoms with E-state index in [4.69, 9.17) is 0 Å². The molecule has 0 saturated carbocycles. The molecule has 1 aliphatic rings. The monoisotopic (exact) mass is 321 g/mol. The number of rotatable bonds is 3. The molecule has 6 heteroatoms. The zero-order chi connectivity index (χ0) is 11.5. The standard InChI is InChI=1S/C11H10F2NOS.BrH/c12-8-1-2-9(10(13)5-8)11(15)6-14-3-4-16-7-14;/h1-2,5,7H,3-4,6H2;1H/q+1;/p-1. The molecule has 0 saturated heterocycles. The maximum absolute atomic E-state index is 13.3. The number of ketones is 1. The van der Waals surface area contributed by atoms with Crippen molar-refractivity contribution in [1.82, 2.24) is 0 Å². The van der Waals surface area contributed by atoms with E-state index in [-0.39, 0.29) is 34.9 Å². The SMILES string of the molecule is O=C(C[N+]1=CSCC1)c1ccc(F)cc1F.[Br-]. The Bertz CT molecular complexity index is 465. The molecule has 17 heavy (non-hydrogen) atoms. The average Bonchev–Trinajstić information content (AvgIpc) is 2.70. The largest absolute Gasteiger partial charge is 1.00 e. The maximum atomic E-state index is 13.3. The summed E-state index contributed by atoms with van der Waals surface area (Å²) in [6.45, 7) is 0.939. The summed E-state index contributed by atoms with van der Waals surface area (Å²) in [6, 6.07) is 3.02. The first kappa shape index (κ1) is 14.3. The summed E-state index contributed by atoms with van der Waals surface area (Å²) in [6.07, 6.45) is 0. The van der Waals surface area contributed by atoms with Crippen molar-refractivity contribution >= 4 is 23.1 Å². The van der Waals surface area contributed by atoms with Gasteiger partial charge in [-0.2, -0.15) is 0 Å². The highest BCUT2D eigenvalue weighted by atomic mass is 79.9. The smallest absolute Gasteiger partial charge is 0.229 e. The van der Waals surface area contributed by atoms with Crippen molar-refractivity contribution in [2.24, 2.45) is 0 Å². The van der Waals surface area contributed by atoms with Gasteiger partial charge in [0.25, 0.3) is 0 Å². The average molecular weight is 322 g/mol. The molecule has 0 atom stereocenters. The fraction of sp³-hybridized carbons (Fsp3) is 0.273. The number of carbonyl (C=O) groups excluding carboxylic acids is 1. The highest BCUT2D eigenvalue weighted by Crippen LogP contribution is 2.11. The molecule has 1 aromatic carbocycles. The van der Waals surface area contributed by atoms with Crippen molar-refractivity contribution in [3.63, 3.8) is 0 Å². The minimum absolute atomic E-state index is 0. The third-order valence-electron chi connectivity index (χ3n) is 2.30. The van der Waals surface area contributed by atoms with Crippen molar-refractivity contribution in [2.75, 3.05) is 18.8 Å². The van der Waals surface area contributed by atoms with Crippen LogP contribution in [0.4, 0.5) is 8.78 Å². The van der Waals surface area contributed by atoms with Crippen LogP contribution < -0.4 is 17.0 Å². The summed E-state index contributed by atoms with van der Waals surface area (Å²) in [5.74, 6) is -0.843. The summed E-state index contributed by atoms with van der Waals surface area (Å²) in [7, 11) is 0. The Morgan fingerprint density at radius 2 is 2.18 bits per heavy atom. The van der Waals surface area contributed by atoms with E-state index in [9.17, 15) is 13.6 Å². The Hall–Kier alpha value is -0.750. The first-order chi connectivity index (χ1) is 7.66. The zero-order valence-electron chi connectivity index (χ0n) is 8.83. The summed E-state index contributed by atoms with van der Waals surface area (Å²) in [5.41, 5.74) is 1.81. The van der Waals surface area contributed by atoms with Crippen molar-refractivity contribution in [2.45, 2.75) is 0 Å². The zero-order valence-corrected chi connectivity index (χ0v) is 11.2. The van der Waals surface area contributed by atoms with Gasteiger partial charge in [0.15, 0.2) is 12.1 Å².